The number of nitrogens with two attached hydrogens (primary N) is 1. The number of nitrogens with one attached hydrogen (secondary N) is 2. The van der Waals surface area contributed by atoms with Crippen molar-refractivity contribution in [2.45, 2.75) is 0 Å². The quantitative estimate of drug-likeness (QED) is 0.591. The Morgan fingerprint density at radius 1 is 1.35 bits per heavy atom. The molecule has 0 aromatic carbocycles. The molecule has 0 aliphatic carbocycles. The fraction of sp³-hybridized carbons (Fsp3) is 0.333. The maximum atomic E-state index is 11.3. The van der Waals surface area contributed by atoms with Crippen molar-refractivity contribution in [1.82, 2.24) is 29.5 Å². The third-order valence-electron chi connectivity index (χ3n) is 2.32. The lowest BCUT2D eigenvalue weighted by atomic mass is 10.7. The summed E-state index contributed by atoms with van der Waals surface area (Å²) in [7, 11) is -1.93. The van der Waals surface area contributed by atoms with E-state index >= 15 is 0 Å². The minimum absolute atomic E-state index is 0.0180. The van der Waals surface area contributed by atoms with Gasteiger partial charge in [0.15, 0.2) is 0 Å². The molecule has 2 rings (SSSR count). The normalized spacial score (nSPS) is 11.4. The first-order valence-corrected chi connectivity index (χ1v) is 7.32. The molecule has 10 nitrogen and oxygen atoms in total. The predicted octanol–water partition coefficient (Wildman–Crippen LogP) is -1.40. The summed E-state index contributed by atoms with van der Waals surface area (Å²) in [6, 6.07) is 1.71. The number of rotatable bonds is 6. The molecule has 4 N–H and O–H groups in total. The fourth-order valence-electron chi connectivity index (χ4n) is 1.35. The molecular formula is C9H14N8O2S. The number of hydrogen-bond donors (Lipinski definition) is 3. The van der Waals surface area contributed by atoms with E-state index in [4.69, 9.17) is 5.73 Å². The number of nitrogens with zero attached hydrogens (tertiary/aromatic N) is 5. The average molecular weight is 298 g/mol. The van der Waals surface area contributed by atoms with Crippen molar-refractivity contribution in [2.24, 2.45) is 0 Å². The largest absolute Gasteiger partial charge is 0.368 e. The average Bonchev–Trinajstić information content (AvgIpc) is 2.92. The third-order valence-corrected chi connectivity index (χ3v) is 3.68. The van der Waals surface area contributed by atoms with E-state index in [1.165, 1.54) is 11.7 Å². The summed E-state index contributed by atoms with van der Waals surface area (Å²) in [6.45, 7) is 0.144. The Morgan fingerprint density at radius 2 is 2.15 bits per heavy atom. The van der Waals surface area contributed by atoms with Crippen LogP contribution in [0.25, 0.3) is 5.95 Å². The van der Waals surface area contributed by atoms with E-state index in [1.54, 1.807) is 18.5 Å². The highest BCUT2D eigenvalue weighted by Crippen LogP contribution is 2.05. The monoisotopic (exact) mass is 298 g/mol. The van der Waals surface area contributed by atoms with E-state index in [0.717, 1.165) is 0 Å². The van der Waals surface area contributed by atoms with Gasteiger partial charge in [0.05, 0.1) is 5.75 Å². The first-order valence-electron chi connectivity index (χ1n) is 5.67. The number of nitrogen functional groups attached to an aromatic ring is 1. The molecule has 0 atom stereocenters. The Labute approximate surface area is 115 Å². The predicted molar refractivity (Wildman–Crippen MR) is 72.7 cm³/mol. The fourth-order valence-corrected chi connectivity index (χ4v) is 1.92. The lowest BCUT2D eigenvalue weighted by molar-refractivity contribution is 0.588. The second kappa shape index (κ2) is 5.79. The van der Waals surface area contributed by atoms with Crippen LogP contribution >= 0.6 is 0 Å². The van der Waals surface area contributed by atoms with E-state index < -0.39 is 10.0 Å². The molecule has 0 saturated heterocycles. The van der Waals surface area contributed by atoms with Crippen molar-refractivity contribution in [2.75, 3.05) is 30.4 Å². The smallest absolute Gasteiger partial charge is 0.257 e. The lowest BCUT2D eigenvalue weighted by Gasteiger charge is -2.07. The molecule has 20 heavy (non-hydrogen) atoms. The molecule has 0 bridgehead atoms. The van der Waals surface area contributed by atoms with Gasteiger partial charge in [-0.3, -0.25) is 0 Å². The summed E-state index contributed by atoms with van der Waals surface area (Å²) in [5, 5.41) is 6.75. The van der Waals surface area contributed by atoms with Gasteiger partial charge < -0.3 is 11.1 Å². The van der Waals surface area contributed by atoms with E-state index in [1.807, 2.05) is 0 Å². The molecular weight excluding hydrogens is 284 g/mol. The van der Waals surface area contributed by atoms with E-state index in [2.05, 4.69) is 30.1 Å². The Bertz CT molecular complexity index is 669. The van der Waals surface area contributed by atoms with Gasteiger partial charge in [-0.15, -0.1) is 0 Å². The van der Waals surface area contributed by atoms with Crippen molar-refractivity contribution in [1.29, 1.82) is 0 Å². The summed E-state index contributed by atoms with van der Waals surface area (Å²) in [5.41, 5.74) is 5.58. The zero-order valence-electron chi connectivity index (χ0n) is 10.7. The molecule has 0 unspecified atom stereocenters. The Balaban J connectivity index is 2.09. The molecule has 11 heteroatoms. The van der Waals surface area contributed by atoms with Crippen molar-refractivity contribution in [3.63, 3.8) is 0 Å². The highest BCUT2D eigenvalue weighted by Gasteiger charge is 2.09. The summed E-state index contributed by atoms with van der Waals surface area (Å²) >= 11 is 0. The third kappa shape index (κ3) is 3.61. The molecule has 0 fully saturated rings. The summed E-state index contributed by atoms with van der Waals surface area (Å²) in [6.07, 6.45) is 3.23. The van der Waals surface area contributed by atoms with Crippen LogP contribution in [0.5, 0.6) is 0 Å². The van der Waals surface area contributed by atoms with E-state index in [-0.39, 0.29) is 30.1 Å². The molecule has 2 aromatic heterocycles. The number of hydrogen-bond acceptors (Lipinski definition) is 8. The van der Waals surface area contributed by atoms with Crippen LogP contribution in [-0.2, 0) is 10.0 Å². The molecule has 108 valence electrons. The zero-order valence-corrected chi connectivity index (χ0v) is 11.5. The SMILES string of the molecule is CNS(=O)(=O)CCNc1nc(N)nc(-n2cccn2)n1. The molecule has 0 spiro atoms. The second-order valence-corrected chi connectivity index (χ2v) is 5.76. The minimum atomic E-state index is -3.29. The van der Waals surface area contributed by atoms with Gasteiger partial charge in [0, 0.05) is 18.9 Å². The Hall–Kier alpha value is -2.27. The molecule has 2 aromatic rings. The van der Waals surface area contributed by atoms with Gasteiger partial charge in [-0.05, 0) is 13.1 Å². The van der Waals surface area contributed by atoms with Gasteiger partial charge >= 0.3 is 0 Å². The van der Waals surface area contributed by atoms with Crippen LogP contribution in [-0.4, -0.2) is 52.5 Å². The molecule has 2 heterocycles. The lowest BCUT2D eigenvalue weighted by Crippen LogP contribution is -2.26. The van der Waals surface area contributed by atoms with Crippen LogP contribution < -0.4 is 15.8 Å². The maximum absolute atomic E-state index is 11.3. The van der Waals surface area contributed by atoms with Gasteiger partial charge in [-0.2, -0.15) is 20.1 Å². The number of aromatic nitrogens is 5. The maximum Gasteiger partial charge on any atom is 0.257 e. The Morgan fingerprint density at radius 3 is 2.80 bits per heavy atom. The van der Waals surface area contributed by atoms with Gasteiger partial charge in [0.1, 0.15) is 0 Å². The molecule has 0 amide bonds. The van der Waals surface area contributed by atoms with Crippen molar-refractivity contribution in [3.8, 4) is 5.95 Å². The van der Waals surface area contributed by atoms with Crippen LogP contribution in [0.2, 0.25) is 0 Å². The topological polar surface area (TPSA) is 141 Å². The van der Waals surface area contributed by atoms with Gasteiger partial charge in [0.25, 0.3) is 5.95 Å². The number of sulfonamides is 1. The van der Waals surface area contributed by atoms with Gasteiger partial charge in [0.2, 0.25) is 21.9 Å². The van der Waals surface area contributed by atoms with Crippen LogP contribution in [0, 0.1) is 0 Å². The number of anilines is 2. The van der Waals surface area contributed by atoms with Crippen molar-refractivity contribution >= 4 is 21.9 Å². The van der Waals surface area contributed by atoms with E-state index in [9.17, 15) is 8.42 Å². The molecule has 0 saturated carbocycles. The van der Waals surface area contributed by atoms with Gasteiger partial charge in [-0.25, -0.2) is 17.8 Å². The van der Waals surface area contributed by atoms with E-state index in [0.29, 0.717) is 0 Å². The molecule has 0 aliphatic heterocycles. The van der Waals surface area contributed by atoms with Crippen LogP contribution in [0.3, 0.4) is 0 Å². The van der Waals surface area contributed by atoms with Crippen LogP contribution in [0.15, 0.2) is 18.5 Å². The summed E-state index contributed by atoms with van der Waals surface area (Å²) < 4.78 is 26.2. The summed E-state index contributed by atoms with van der Waals surface area (Å²) in [5.74, 6) is 0.354. The molecule has 0 radical (unpaired) electrons. The first kappa shape index (κ1) is 14.1. The van der Waals surface area contributed by atoms with Crippen molar-refractivity contribution < 1.29 is 8.42 Å². The first-order chi connectivity index (χ1) is 9.50. The highest BCUT2D eigenvalue weighted by molar-refractivity contribution is 7.89. The summed E-state index contributed by atoms with van der Waals surface area (Å²) in [4.78, 5) is 11.9. The second-order valence-electron chi connectivity index (χ2n) is 3.72. The van der Waals surface area contributed by atoms with Gasteiger partial charge in [-0.1, -0.05) is 0 Å². The van der Waals surface area contributed by atoms with Crippen LogP contribution in [0.1, 0.15) is 0 Å². The van der Waals surface area contributed by atoms with Crippen LogP contribution in [0.4, 0.5) is 11.9 Å². The Kier molecular flexibility index (Phi) is 4.10. The highest BCUT2D eigenvalue weighted by atomic mass is 32.2. The standard InChI is InChI=1S/C9H14N8O2S/c1-11-20(18,19)6-4-12-8-14-7(10)15-9(16-8)17-5-2-3-13-17/h2-3,5,11H,4,6H2,1H3,(H3,10,12,14,15,16). The zero-order chi connectivity index (χ0) is 14.6. The van der Waals surface area contributed by atoms with Crippen molar-refractivity contribution in [3.05, 3.63) is 18.5 Å². The molecule has 0 aliphatic rings. The minimum Gasteiger partial charge on any atom is -0.368 e.